The number of nitrogens with two attached hydrogens (primary N) is 1. The molecule has 1 unspecified atom stereocenters. The lowest BCUT2D eigenvalue weighted by Crippen LogP contribution is -2.29. The van der Waals surface area contributed by atoms with E-state index in [4.69, 9.17) is 10.5 Å². The van der Waals surface area contributed by atoms with E-state index in [0.29, 0.717) is 6.54 Å². The maximum atomic E-state index is 5.93. The molecule has 19 heavy (non-hydrogen) atoms. The van der Waals surface area contributed by atoms with Crippen LogP contribution < -0.4 is 15.4 Å². The van der Waals surface area contributed by atoms with Crippen molar-refractivity contribution in [2.45, 2.75) is 6.04 Å². The van der Waals surface area contributed by atoms with E-state index in [1.54, 1.807) is 18.4 Å². The number of benzene rings is 1. The Labute approximate surface area is 126 Å². The number of hydrogen-bond acceptors (Lipinski definition) is 4. The molecule has 0 aliphatic rings. The van der Waals surface area contributed by atoms with Gasteiger partial charge in [-0.15, -0.1) is 11.3 Å². The normalized spacial score (nSPS) is 12.2. The van der Waals surface area contributed by atoms with E-state index >= 15 is 0 Å². The number of hydrogen-bond donors (Lipinski definition) is 1. The van der Waals surface area contributed by atoms with E-state index < -0.39 is 0 Å². The molecule has 3 nitrogen and oxygen atoms in total. The zero-order valence-corrected chi connectivity index (χ0v) is 13.4. The number of likely N-dealkylation sites (N-methyl/N-ethyl adjacent to an activating group) is 1. The second-order valence-corrected chi connectivity index (χ2v) is 6.70. The first kappa shape index (κ1) is 14.4. The monoisotopic (exact) mass is 340 g/mol. The molecule has 102 valence electrons. The molecule has 1 heterocycles. The van der Waals surface area contributed by atoms with Crippen LogP contribution >= 0.6 is 27.3 Å². The van der Waals surface area contributed by atoms with E-state index in [0.717, 1.165) is 15.2 Å². The van der Waals surface area contributed by atoms with Crippen LogP contribution in [0.15, 0.2) is 40.2 Å². The first-order valence-corrected chi connectivity index (χ1v) is 7.59. The van der Waals surface area contributed by atoms with E-state index in [2.05, 4.69) is 40.0 Å². The summed E-state index contributed by atoms with van der Waals surface area (Å²) in [6.07, 6.45) is 0. The van der Waals surface area contributed by atoms with Crippen LogP contribution in [-0.4, -0.2) is 20.7 Å². The molecule has 1 aromatic heterocycles. The van der Waals surface area contributed by atoms with Gasteiger partial charge in [-0.3, -0.25) is 0 Å². The summed E-state index contributed by atoms with van der Waals surface area (Å²) in [5.74, 6) is 0.861. The number of thiophene rings is 1. The summed E-state index contributed by atoms with van der Waals surface area (Å²) < 4.78 is 6.31. The second-order valence-electron chi connectivity index (χ2n) is 4.20. The third kappa shape index (κ3) is 3.29. The maximum Gasteiger partial charge on any atom is 0.119 e. The summed E-state index contributed by atoms with van der Waals surface area (Å²) >= 11 is 5.22. The third-order valence-electron chi connectivity index (χ3n) is 3.09. The molecule has 1 aromatic carbocycles. The predicted molar refractivity (Wildman–Crippen MR) is 85.2 cm³/mol. The minimum atomic E-state index is 0.185. The topological polar surface area (TPSA) is 38.5 Å². The Balaban J connectivity index is 2.22. The maximum absolute atomic E-state index is 5.93. The standard InChI is InChI=1S/C14H17BrN2OS/c1-17(10-3-5-11(18-2)6-4-10)12(9-16)13-7-8-14(15)19-13/h3-8,12H,9,16H2,1-2H3. The van der Waals surface area contributed by atoms with Crippen LogP contribution in [0.5, 0.6) is 5.75 Å². The van der Waals surface area contributed by atoms with Crippen molar-refractivity contribution in [3.8, 4) is 5.75 Å². The predicted octanol–water partition coefficient (Wildman–Crippen LogP) is 3.66. The lowest BCUT2D eigenvalue weighted by molar-refractivity contribution is 0.415. The van der Waals surface area contributed by atoms with Crippen molar-refractivity contribution in [3.63, 3.8) is 0 Å². The van der Waals surface area contributed by atoms with Crippen LogP contribution in [0.2, 0.25) is 0 Å². The van der Waals surface area contributed by atoms with Crippen molar-refractivity contribution >= 4 is 33.0 Å². The number of nitrogens with zero attached hydrogens (tertiary/aromatic N) is 1. The van der Waals surface area contributed by atoms with Gasteiger partial charge in [0.1, 0.15) is 5.75 Å². The number of anilines is 1. The molecule has 0 amide bonds. The summed E-state index contributed by atoms with van der Waals surface area (Å²) in [6.45, 7) is 0.579. The Kier molecular flexibility index (Phi) is 4.85. The SMILES string of the molecule is COc1ccc(N(C)C(CN)c2ccc(Br)s2)cc1. The fraction of sp³-hybridized carbons (Fsp3) is 0.286. The quantitative estimate of drug-likeness (QED) is 0.902. The first-order chi connectivity index (χ1) is 9.15. The van der Waals surface area contributed by atoms with Crippen LogP contribution in [0.25, 0.3) is 0 Å². The number of halogens is 1. The zero-order valence-electron chi connectivity index (χ0n) is 11.0. The number of rotatable bonds is 5. The van der Waals surface area contributed by atoms with Crippen LogP contribution in [0.3, 0.4) is 0 Å². The Morgan fingerprint density at radius 2 is 1.95 bits per heavy atom. The highest BCUT2D eigenvalue weighted by Gasteiger charge is 2.17. The van der Waals surface area contributed by atoms with E-state index in [1.165, 1.54) is 4.88 Å². The Hall–Kier alpha value is -1.04. The van der Waals surface area contributed by atoms with Gasteiger partial charge in [0.2, 0.25) is 0 Å². The van der Waals surface area contributed by atoms with E-state index in [-0.39, 0.29) is 6.04 Å². The molecular weight excluding hydrogens is 324 g/mol. The molecular formula is C14H17BrN2OS. The van der Waals surface area contributed by atoms with Crippen molar-refractivity contribution in [1.82, 2.24) is 0 Å². The molecule has 0 spiro atoms. The molecule has 0 bridgehead atoms. The zero-order chi connectivity index (χ0) is 13.8. The molecule has 0 saturated carbocycles. The van der Waals surface area contributed by atoms with Gasteiger partial charge in [0.15, 0.2) is 0 Å². The van der Waals surface area contributed by atoms with E-state index in [1.807, 2.05) is 24.3 Å². The van der Waals surface area contributed by atoms with Crippen molar-refractivity contribution in [1.29, 1.82) is 0 Å². The molecule has 2 rings (SSSR count). The van der Waals surface area contributed by atoms with Crippen LogP contribution in [0, 0.1) is 0 Å². The molecule has 0 aliphatic heterocycles. The lowest BCUT2D eigenvalue weighted by Gasteiger charge is -2.28. The van der Waals surface area contributed by atoms with Gasteiger partial charge in [-0.2, -0.15) is 0 Å². The third-order valence-corrected chi connectivity index (χ3v) is 4.82. The Morgan fingerprint density at radius 3 is 2.42 bits per heavy atom. The Morgan fingerprint density at radius 1 is 1.26 bits per heavy atom. The average molecular weight is 341 g/mol. The highest BCUT2D eigenvalue weighted by molar-refractivity contribution is 9.11. The van der Waals surface area contributed by atoms with Gasteiger partial charge in [0, 0.05) is 24.2 Å². The van der Waals surface area contributed by atoms with E-state index in [9.17, 15) is 0 Å². The van der Waals surface area contributed by atoms with Gasteiger partial charge in [-0.1, -0.05) is 0 Å². The summed E-state index contributed by atoms with van der Waals surface area (Å²) in [5.41, 5.74) is 7.06. The minimum absolute atomic E-state index is 0.185. The van der Waals surface area contributed by atoms with Crippen LogP contribution in [0.1, 0.15) is 10.9 Å². The lowest BCUT2D eigenvalue weighted by atomic mass is 10.2. The van der Waals surface area contributed by atoms with Gasteiger partial charge < -0.3 is 15.4 Å². The molecule has 2 aromatic rings. The summed E-state index contributed by atoms with van der Waals surface area (Å²) in [4.78, 5) is 3.45. The molecule has 0 aliphatic carbocycles. The molecule has 0 saturated heterocycles. The summed E-state index contributed by atoms with van der Waals surface area (Å²) in [7, 11) is 3.73. The Bertz CT molecular complexity index is 526. The molecule has 0 fully saturated rings. The second kappa shape index (κ2) is 6.41. The smallest absolute Gasteiger partial charge is 0.119 e. The largest absolute Gasteiger partial charge is 0.497 e. The fourth-order valence-electron chi connectivity index (χ4n) is 1.97. The van der Waals surface area contributed by atoms with Crippen molar-refractivity contribution in [2.24, 2.45) is 5.73 Å². The summed E-state index contributed by atoms with van der Waals surface area (Å²) in [5, 5.41) is 0. The molecule has 2 N–H and O–H groups in total. The summed E-state index contributed by atoms with van der Waals surface area (Å²) in [6, 6.07) is 12.4. The van der Waals surface area contributed by atoms with Crippen molar-refractivity contribution < 1.29 is 4.74 Å². The fourth-order valence-corrected chi connectivity index (χ4v) is 3.55. The van der Waals surface area contributed by atoms with Gasteiger partial charge >= 0.3 is 0 Å². The number of ether oxygens (including phenoxy) is 1. The van der Waals surface area contributed by atoms with Crippen LogP contribution in [0.4, 0.5) is 5.69 Å². The van der Waals surface area contributed by atoms with Crippen molar-refractivity contribution in [3.05, 3.63) is 45.1 Å². The van der Waals surface area contributed by atoms with Crippen molar-refractivity contribution in [2.75, 3.05) is 25.6 Å². The molecule has 0 radical (unpaired) electrons. The van der Waals surface area contributed by atoms with Gasteiger partial charge in [0.05, 0.1) is 16.9 Å². The van der Waals surface area contributed by atoms with Gasteiger partial charge in [-0.25, -0.2) is 0 Å². The molecule has 5 heteroatoms. The number of methoxy groups -OCH3 is 1. The highest BCUT2D eigenvalue weighted by Crippen LogP contribution is 2.32. The average Bonchev–Trinajstić information content (AvgIpc) is 2.86. The van der Waals surface area contributed by atoms with Gasteiger partial charge in [-0.05, 0) is 52.3 Å². The highest BCUT2D eigenvalue weighted by atomic mass is 79.9. The van der Waals surface area contributed by atoms with Crippen LogP contribution in [-0.2, 0) is 0 Å². The van der Waals surface area contributed by atoms with Gasteiger partial charge in [0.25, 0.3) is 0 Å². The minimum Gasteiger partial charge on any atom is -0.497 e. The molecule has 1 atom stereocenters. The first-order valence-electron chi connectivity index (χ1n) is 5.98.